The Bertz CT molecular complexity index is 1060. The van der Waals surface area contributed by atoms with Gasteiger partial charge in [-0.05, 0) is 68.4 Å². The molecule has 0 atom stereocenters. The van der Waals surface area contributed by atoms with E-state index in [9.17, 15) is 9.59 Å². The van der Waals surface area contributed by atoms with Crippen LogP contribution in [0.25, 0.3) is 11.0 Å². The van der Waals surface area contributed by atoms with Crippen molar-refractivity contribution >= 4 is 16.9 Å². The van der Waals surface area contributed by atoms with Crippen molar-refractivity contribution in [2.45, 2.75) is 32.6 Å². The molecule has 1 amide bonds. The molecule has 4 rings (SSSR count). The average Bonchev–Trinajstić information content (AvgIpc) is 2.79. The molecule has 1 fully saturated rings. The molecule has 1 aliphatic rings. The Morgan fingerprint density at radius 2 is 1.83 bits per heavy atom. The third kappa shape index (κ3) is 4.56. The number of carbonyl (C=O) groups is 1. The molecular weight excluding hydrogens is 378 g/mol. The highest BCUT2D eigenvalue weighted by Crippen LogP contribution is 2.24. The average molecular weight is 405 g/mol. The first-order valence-corrected chi connectivity index (χ1v) is 10.7. The molecule has 0 N–H and O–H groups in total. The summed E-state index contributed by atoms with van der Waals surface area (Å²) in [5.74, 6) is 1.45. The van der Waals surface area contributed by atoms with Crippen LogP contribution in [0.2, 0.25) is 0 Å². The first kappa shape index (κ1) is 20.2. The predicted octanol–water partition coefficient (Wildman–Crippen LogP) is 4.68. The van der Waals surface area contributed by atoms with E-state index in [0.29, 0.717) is 36.6 Å². The minimum atomic E-state index is -0.192. The van der Waals surface area contributed by atoms with Gasteiger partial charge in [-0.15, -0.1) is 0 Å². The van der Waals surface area contributed by atoms with Gasteiger partial charge in [0.25, 0.3) is 5.91 Å². The minimum Gasteiger partial charge on any atom is -0.494 e. The predicted molar refractivity (Wildman–Crippen MR) is 117 cm³/mol. The first-order valence-electron chi connectivity index (χ1n) is 10.7. The second-order valence-electron chi connectivity index (χ2n) is 7.82. The van der Waals surface area contributed by atoms with Crippen LogP contribution in [0.3, 0.4) is 0 Å². The molecule has 1 saturated heterocycles. The Balaban J connectivity index is 1.32. The number of nitrogens with zero attached hydrogens (tertiary/aromatic N) is 1. The summed E-state index contributed by atoms with van der Waals surface area (Å²) in [5, 5.41) is 0.502. The quantitative estimate of drug-likeness (QED) is 0.598. The lowest BCUT2D eigenvalue weighted by molar-refractivity contribution is 0.0655. The van der Waals surface area contributed by atoms with E-state index in [2.05, 4.69) is 12.1 Å². The van der Waals surface area contributed by atoms with Crippen LogP contribution in [0.15, 0.2) is 63.8 Å². The Hall–Kier alpha value is -3.08. The van der Waals surface area contributed by atoms with Gasteiger partial charge in [-0.1, -0.05) is 24.3 Å². The number of hydrogen-bond donors (Lipinski definition) is 0. The van der Waals surface area contributed by atoms with E-state index in [4.69, 9.17) is 9.15 Å². The van der Waals surface area contributed by atoms with Gasteiger partial charge in [0.1, 0.15) is 11.3 Å². The normalized spacial score (nSPS) is 14.8. The second-order valence-corrected chi connectivity index (χ2v) is 7.82. The molecule has 1 aliphatic heterocycles. The van der Waals surface area contributed by atoms with Crippen molar-refractivity contribution in [2.24, 2.45) is 5.92 Å². The molecule has 0 radical (unpaired) electrons. The number of hydrogen-bond acceptors (Lipinski definition) is 4. The largest absolute Gasteiger partial charge is 0.494 e. The van der Waals surface area contributed by atoms with Gasteiger partial charge in [-0.2, -0.15) is 0 Å². The number of amides is 1. The highest BCUT2D eigenvalue weighted by molar-refractivity contribution is 5.93. The summed E-state index contributed by atoms with van der Waals surface area (Å²) in [6.45, 7) is 4.06. The standard InChI is InChI=1S/C25H27NO4/c1-2-29-20-11-9-18(10-12-20)7-8-19-13-15-26(16-14-19)25(28)24-17-22(27)21-5-3-4-6-23(21)30-24/h3-6,9-12,17,19H,2,7-8,13-16H2,1H3. The third-order valence-corrected chi connectivity index (χ3v) is 5.82. The minimum absolute atomic E-state index is 0.131. The number of piperidine rings is 1. The molecule has 156 valence electrons. The number of rotatable bonds is 6. The Kier molecular flexibility index (Phi) is 6.17. The van der Waals surface area contributed by atoms with E-state index in [-0.39, 0.29) is 17.1 Å². The van der Waals surface area contributed by atoms with Gasteiger partial charge in [0.15, 0.2) is 11.2 Å². The lowest BCUT2D eigenvalue weighted by Gasteiger charge is -2.31. The number of aryl methyl sites for hydroxylation is 1. The van der Waals surface area contributed by atoms with Crippen LogP contribution in [0, 0.1) is 5.92 Å². The van der Waals surface area contributed by atoms with E-state index in [0.717, 1.165) is 31.4 Å². The van der Waals surface area contributed by atoms with Crippen LogP contribution in [0.5, 0.6) is 5.75 Å². The molecule has 0 saturated carbocycles. The van der Waals surface area contributed by atoms with Crippen molar-refractivity contribution in [3.05, 3.63) is 76.1 Å². The van der Waals surface area contributed by atoms with Crippen molar-refractivity contribution < 1.29 is 13.9 Å². The van der Waals surface area contributed by atoms with Crippen molar-refractivity contribution in [1.29, 1.82) is 0 Å². The summed E-state index contributed by atoms with van der Waals surface area (Å²) in [6.07, 6.45) is 4.09. The van der Waals surface area contributed by atoms with E-state index >= 15 is 0 Å². The van der Waals surface area contributed by atoms with Crippen LogP contribution in [0.1, 0.15) is 42.3 Å². The molecule has 0 bridgehead atoms. The molecule has 30 heavy (non-hydrogen) atoms. The Morgan fingerprint density at radius 3 is 2.57 bits per heavy atom. The molecule has 0 aliphatic carbocycles. The van der Waals surface area contributed by atoms with Gasteiger partial charge in [0.2, 0.25) is 0 Å². The zero-order chi connectivity index (χ0) is 20.9. The summed E-state index contributed by atoms with van der Waals surface area (Å²) >= 11 is 0. The van der Waals surface area contributed by atoms with Crippen molar-refractivity contribution in [3.63, 3.8) is 0 Å². The van der Waals surface area contributed by atoms with Gasteiger partial charge in [-0.25, -0.2) is 0 Å². The van der Waals surface area contributed by atoms with Crippen LogP contribution in [0.4, 0.5) is 0 Å². The number of ether oxygens (including phenoxy) is 1. The molecular formula is C25H27NO4. The monoisotopic (exact) mass is 405 g/mol. The molecule has 0 unspecified atom stereocenters. The summed E-state index contributed by atoms with van der Waals surface area (Å²) in [6, 6.07) is 16.7. The van der Waals surface area contributed by atoms with Crippen LogP contribution in [-0.4, -0.2) is 30.5 Å². The molecule has 5 nitrogen and oxygen atoms in total. The van der Waals surface area contributed by atoms with Gasteiger partial charge in [0, 0.05) is 19.2 Å². The highest BCUT2D eigenvalue weighted by atomic mass is 16.5. The fraction of sp³-hybridized carbons (Fsp3) is 0.360. The second kappa shape index (κ2) is 9.16. The maximum atomic E-state index is 12.8. The van der Waals surface area contributed by atoms with E-state index in [1.54, 1.807) is 29.2 Å². The summed E-state index contributed by atoms with van der Waals surface area (Å²) in [5.41, 5.74) is 1.60. The molecule has 5 heteroatoms. The zero-order valence-corrected chi connectivity index (χ0v) is 17.3. The van der Waals surface area contributed by atoms with Crippen LogP contribution < -0.4 is 10.2 Å². The summed E-state index contributed by atoms with van der Waals surface area (Å²) in [7, 11) is 0. The molecule has 3 aromatic rings. The van der Waals surface area contributed by atoms with E-state index < -0.39 is 0 Å². The van der Waals surface area contributed by atoms with Crippen molar-refractivity contribution in [2.75, 3.05) is 19.7 Å². The topological polar surface area (TPSA) is 59.8 Å². The van der Waals surface area contributed by atoms with Gasteiger partial charge in [0.05, 0.1) is 12.0 Å². The molecule has 2 heterocycles. The highest BCUT2D eigenvalue weighted by Gasteiger charge is 2.25. The van der Waals surface area contributed by atoms with Gasteiger partial charge >= 0.3 is 0 Å². The van der Waals surface area contributed by atoms with Crippen molar-refractivity contribution in [3.8, 4) is 5.75 Å². The number of carbonyl (C=O) groups excluding carboxylic acids is 1. The smallest absolute Gasteiger partial charge is 0.289 e. The van der Waals surface area contributed by atoms with Gasteiger partial charge < -0.3 is 14.1 Å². The SMILES string of the molecule is CCOc1ccc(CCC2CCN(C(=O)c3cc(=O)c4ccccc4o3)CC2)cc1. The summed E-state index contributed by atoms with van der Waals surface area (Å²) < 4.78 is 11.2. The Labute approximate surface area is 176 Å². The van der Waals surface area contributed by atoms with Crippen molar-refractivity contribution in [1.82, 2.24) is 4.90 Å². The van der Waals surface area contributed by atoms with Gasteiger partial charge in [-0.3, -0.25) is 9.59 Å². The molecule has 2 aromatic carbocycles. The fourth-order valence-corrected chi connectivity index (χ4v) is 4.08. The van der Waals surface area contributed by atoms with E-state index in [1.165, 1.54) is 11.6 Å². The maximum Gasteiger partial charge on any atom is 0.289 e. The number of likely N-dealkylation sites (tertiary alicyclic amines) is 1. The third-order valence-electron chi connectivity index (χ3n) is 5.82. The molecule has 0 spiro atoms. The van der Waals surface area contributed by atoms with Crippen LogP contribution in [-0.2, 0) is 6.42 Å². The lowest BCUT2D eigenvalue weighted by Crippen LogP contribution is -2.38. The molecule has 1 aromatic heterocycles. The number of fused-ring (bicyclic) bond motifs is 1. The maximum absolute atomic E-state index is 12.8. The fourth-order valence-electron chi connectivity index (χ4n) is 4.08. The number of para-hydroxylation sites is 1. The number of benzene rings is 2. The zero-order valence-electron chi connectivity index (χ0n) is 17.3. The first-order chi connectivity index (χ1) is 14.6. The Morgan fingerprint density at radius 1 is 1.10 bits per heavy atom. The summed E-state index contributed by atoms with van der Waals surface area (Å²) in [4.78, 5) is 26.9. The van der Waals surface area contributed by atoms with Crippen LogP contribution >= 0.6 is 0 Å². The lowest BCUT2D eigenvalue weighted by atomic mass is 9.90. The van der Waals surface area contributed by atoms with E-state index in [1.807, 2.05) is 19.1 Å².